The van der Waals surface area contributed by atoms with Crippen molar-refractivity contribution in [1.82, 2.24) is 5.32 Å². The highest BCUT2D eigenvalue weighted by molar-refractivity contribution is 6.42. The SMILES string of the molecule is Clc1ccc(Oc2cccc(CNC3CC3)c2)cc1Cl. The Morgan fingerprint density at radius 2 is 1.80 bits per heavy atom. The topological polar surface area (TPSA) is 21.3 Å². The molecule has 1 N–H and O–H groups in total. The van der Waals surface area contributed by atoms with E-state index in [0.29, 0.717) is 21.8 Å². The van der Waals surface area contributed by atoms with Gasteiger partial charge in [0.25, 0.3) is 0 Å². The Hall–Kier alpha value is -1.22. The normalized spacial score (nSPS) is 14.3. The van der Waals surface area contributed by atoms with Crippen LogP contribution in [0.15, 0.2) is 42.5 Å². The molecule has 0 atom stereocenters. The van der Waals surface area contributed by atoms with Crippen LogP contribution in [-0.2, 0) is 6.54 Å². The molecule has 1 saturated carbocycles. The highest BCUT2D eigenvalue weighted by Crippen LogP contribution is 2.29. The molecule has 2 nitrogen and oxygen atoms in total. The van der Waals surface area contributed by atoms with Crippen LogP contribution >= 0.6 is 23.2 Å². The number of halogens is 2. The Morgan fingerprint density at radius 3 is 2.55 bits per heavy atom. The monoisotopic (exact) mass is 307 g/mol. The van der Waals surface area contributed by atoms with Gasteiger partial charge < -0.3 is 10.1 Å². The molecule has 0 saturated heterocycles. The van der Waals surface area contributed by atoms with Gasteiger partial charge in [-0.15, -0.1) is 0 Å². The number of nitrogens with one attached hydrogen (secondary N) is 1. The summed E-state index contributed by atoms with van der Waals surface area (Å²) in [5, 5.41) is 4.51. The average Bonchev–Trinajstić information content (AvgIpc) is 3.25. The fraction of sp³-hybridized carbons (Fsp3) is 0.250. The molecular formula is C16H15Cl2NO. The zero-order chi connectivity index (χ0) is 13.9. The Bertz CT molecular complexity index is 611. The Balaban J connectivity index is 1.69. The van der Waals surface area contributed by atoms with Gasteiger partial charge in [-0.1, -0.05) is 35.3 Å². The molecule has 2 aromatic rings. The number of ether oxygens (including phenoxy) is 1. The van der Waals surface area contributed by atoms with E-state index in [1.807, 2.05) is 24.3 Å². The molecule has 2 aromatic carbocycles. The van der Waals surface area contributed by atoms with Gasteiger partial charge in [0.2, 0.25) is 0 Å². The summed E-state index contributed by atoms with van der Waals surface area (Å²) >= 11 is 11.9. The predicted molar refractivity (Wildman–Crippen MR) is 82.8 cm³/mol. The van der Waals surface area contributed by atoms with Crippen molar-refractivity contribution in [1.29, 1.82) is 0 Å². The predicted octanol–water partition coefficient (Wildman–Crippen LogP) is 5.04. The molecule has 3 rings (SSSR count). The standard InChI is InChI=1S/C16H15Cl2NO/c17-15-7-6-14(9-16(15)18)20-13-3-1-2-11(8-13)10-19-12-4-5-12/h1-3,6-9,12,19H,4-5,10H2. The van der Waals surface area contributed by atoms with E-state index in [-0.39, 0.29) is 0 Å². The van der Waals surface area contributed by atoms with Gasteiger partial charge in [0.05, 0.1) is 10.0 Å². The highest BCUT2D eigenvalue weighted by atomic mass is 35.5. The smallest absolute Gasteiger partial charge is 0.129 e. The number of hydrogen-bond acceptors (Lipinski definition) is 2. The summed E-state index contributed by atoms with van der Waals surface area (Å²) in [5.41, 5.74) is 1.22. The van der Waals surface area contributed by atoms with E-state index in [1.54, 1.807) is 12.1 Å². The average molecular weight is 308 g/mol. The third-order valence-electron chi connectivity index (χ3n) is 3.20. The van der Waals surface area contributed by atoms with E-state index in [4.69, 9.17) is 27.9 Å². The molecule has 1 aliphatic rings. The fourth-order valence-electron chi connectivity index (χ4n) is 1.95. The van der Waals surface area contributed by atoms with Crippen LogP contribution < -0.4 is 10.1 Å². The van der Waals surface area contributed by atoms with E-state index < -0.39 is 0 Å². The summed E-state index contributed by atoms with van der Waals surface area (Å²) in [5.74, 6) is 1.49. The molecule has 20 heavy (non-hydrogen) atoms. The van der Waals surface area contributed by atoms with E-state index in [0.717, 1.165) is 12.3 Å². The first-order valence-corrected chi connectivity index (χ1v) is 7.41. The van der Waals surface area contributed by atoms with Crippen LogP contribution in [-0.4, -0.2) is 6.04 Å². The summed E-state index contributed by atoms with van der Waals surface area (Å²) in [6.07, 6.45) is 2.58. The molecular weight excluding hydrogens is 293 g/mol. The maximum Gasteiger partial charge on any atom is 0.129 e. The molecule has 1 fully saturated rings. The van der Waals surface area contributed by atoms with Gasteiger partial charge in [0.15, 0.2) is 0 Å². The second kappa shape index (κ2) is 6.04. The molecule has 0 unspecified atom stereocenters. The second-order valence-electron chi connectivity index (χ2n) is 4.98. The molecule has 4 heteroatoms. The minimum Gasteiger partial charge on any atom is -0.457 e. The lowest BCUT2D eigenvalue weighted by Gasteiger charge is -2.09. The largest absolute Gasteiger partial charge is 0.457 e. The second-order valence-corrected chi connectivity index (χ2v) is 5.79. The maximum atomic E-state index is 5.98. The van der Waals surface area contributed by atoms with Crippen LogP contribution in [0.4, 0.5) is 0 Å². The van der Waals surface area contributed by atoms with Gasteiger partial charge in [0, 0.05) is 18.7 Å². The number of rotatable bonds is 5. The molecule has 0 aliphatic heterocycles. The minimum absolute atomic E-state index is 0.496. The lowest BCUT2D eigenvalue weighted by molar-refractivity contribution is 0.481. The van der Waals surface area contributed by atoms with Gasteiger partial charge in [-0.25, -0.2) is 0 Å². The van der Waals surface area contributed by atoms with Crippen molar-refractivity contribution in [2.45, 2.75) is 25.4 Å². The van der Waals surface area contributed by atoms with Crippen molar-refractivity contribution in [2.75, 3.05) is 0 Å². The summed E-state index contributed by atoms with van der Waals surface area (Å²) in [7, 11) is 0. The Labute approximate surface area is 128 Å². The number of hydrogen-bond donors (Lipinski definition) is 1. The highest BCUT2D eigenvalue weighted by Gasteiger charge is 2.19. The van der Waals surface area contributed by atoms with E-state index in [9.17, 15) is 0 Å². The van der Waals surface area contributed by atoms with Gasteiger partial charge in [-0.3, -0.25) is 0 Å². The molecule has 0 aromatic heterocycles. The van der Waals surface area contributed by atoms with Crippen LogP contribution in [0.2, 0.25) is 10.0 Å². The van der Waals surface area contributed by atoms with Crippen LogP contribution in [0.25, 0.3) is 0 Å². The molecule has 1 aliphatic carbocycles. The van der Waals surface area contributed by atoms with E-state index >= 15 is 0 Å². The lowest BCUT2D eigenvalue weighted by Crippen LogP contribution is -2.15. The number of benzene rings is 2. The van der Waals surface area contributed by atoms with Crippen molar-refractivity contribution in [2.24, 2.45) is 0 Å². The van der Waals surface area contributed by atoms with E-state index in [1.165, 1.54) is 18.4 Å². The molecule has 0 radical (unpaired) electrons. The first-order chi connectivity index (χ1) is 9.70. The zero-order valence-electron chi connectivity index (χ0n) is 10.9. The van der Waals surface area contributed by atoms with Crippen molar-refractivity contribution >= 4 is 23.2 Å². The van der Waals surface area contributed by atoms with Crippen LogP contribution in [0.5, 0.6) is 11.5 Å². The summed E-state index contributed by atoms with van der Waals surface area (Å²) in [4.78, 5) is 0. The fourth-order valence-corrected chi connectivity index (χ4v) is 2.23. The molecule has 0 bridgehead atoms. The van der Waals surface area contributed by atoms with Crippen LogP contribution in [0.3, 0.4) is 0 Å². The lowest BCUT2D eigenvalue weighted by atomic mass is 10.2. The molecule has 0 spiro atoms. The maximum absolute atomic E-state index is 5.98. The molecule has 0 heterocycles. The summed E-state index contributed by atoms with van der Waals surface area (Å²) in [6.45, 7) is 0.878. The van der Waals surface area contributed by atoms with Crippen molar-refractivity contribution in [3.05, 3.63) is 58.1 Å². The summed E-state index contributed by atoms with van der Waals surface area (Å²) in [6, 6.07) is 14.0. The Morgan fingerprint density at radius 1 is 1.00 bits per heavy atom. The van der Waals surface area contributed by atoms with Crippen LogP contribution in [0, 0.1) is 0 Å². The Kier molecular flexibility index (Phi) is 4.16. The third-order valence-corrected chi connectivity index (χ3v) is 3.94. The summed E-state index contributed by atoms with van der Waals surface area (Å²) < 4.78 is 5.81. The van der Waals surface area contributed by atoms with Gasteiger partial charge in [-0.2, -0.15) is 0 Å². The minimum atomic E-state index is 0.496. The van der Waals surface area contributed by atoms with Gasteiger partial charge >= 0.3 is 0 Å². The molecule has 0 amide bonds. The van der Waals surface area contributed by atoms with Crippen molar-refractivity contribution in [3.8, 4) is 11.5 Å². The third kappa shape index (κ3) is 3.66. The van der Waals surface area contributed by atoms with E-state index in [2.05, 4.69) is 11.4 Å². The van der Waals surface area contributed by atoms with Crippen molar-refractivity contribution < 1.29 is 4.74 Å². The molecule has 104 valence electrons. The quantitative estimate of drug-likeness (QED) is 0.835. The van der Waals surface area contributed by atoms with Crippen molar-refractivity contribution in [3.63, 3.8) is 0 Å². The van der Waals surface area contributed by atoms with Crippen LogP contribution in [0.1, 0.15) is 18.4 Å². The van der Waals surface area contributed by atoms with Gasteiger partial charge in [0.1, 0.15) is 11.5 Å². The first-order valence-electron chi connectivity index (χ1n) is 6.66. The zero-order valence-corrected chi connectivity index (χ0v) is 12.4. The first kappa shape index (κ1) is 13.7. The van der Waals surface area contributed by atoms with Gasteiger partial charge in [-0.05, 0) is 42.7 Å².